The van der Waals surface area contributed by atoms with Gasteiger partial charge in [-0.05, 0) is 5.56 Å². The Morgan fingerprint density at radius 1 is 1.22 bits per heavy atom. The summed E-state index contributed by atoms with van der Waals surface area (Å²) in [6.45, 7) is 5.45. The number of hydrogen-bond acceptors (Lipinski definition) is 3. The van der Waals surface area contributed by atoms with Crippen LogP contribution in [0.2, 0.25) is 0 Å². The molecule has 0 aliphatic heterocycles. The van der Waals surface area contributed by atoms with Crippen LogP contribution < -0.4 is 0 Å². The molecule has 1 rings (SSSR count). The number of carboxylic acid groups (broad SMARTS) is 1. The zero-order valence-electron chi connectivity index (χ0n) is 11.1. The van der Waals surface area contributed by atoms with Crippen LogP contribution in [-0.2, 0) is 20.9 Å². The summed E-state index contributed by atoms with van der Waals surface area (Å²) in [6, 6.07) is 9.65. The van der Waals surface area contributed by atoms with Gasteiger partial charge in [0.1, 0.15) is 6.61 Å². The van der Waals surface area contributed by atoms with Crippen molar-refractivity contribution in [2.24, 2.45) is 5.92 Å². The molecular weight excluding hydrogens is 232 g/mol. The van der Waals surface area contributed by atoms with Crippen molar-refractivity contribution in [3.8, 4) is 0 Å². The number of carbonyl (C=O) groups is 2. The Hall–Kier alpha value is -1.84. The number of hydrogen-bond donors (Lipinski definition) is 1. The molecule has 0 fully saturated rings. The Balaban J connectivity index is 0.000000411. The van der Waals surface area contributed by atoms with Crippen molar-refractivity contribution in [3.05, 3.63) is 35.9 Å². The summed E-state index contributed by atoms with van der Waals surface area (Å²) >= 11 is 0. The lowest BCUT2D eigenvalue weighted by Crippen LogP contribution is -2.03. The van der Waals surface area contributed by atoms with Crippen LogP contribution in [0.3, 0.4) is 0 Å². The van der Waals surface area contributed by atoms with E-state index in [1.165, 1.54) is 0 Å². The molecule has 0 atom stereocenters. The van der Waals surface area contributed by atoms with E-state index < -0.39 is 5.97 Å². The van der Waals surface area contributed by atoms with E-state index in [9.17, 15) is 9.59 Å². The largest absolute Gasteiger partial charge is 0.481 e. The molecule has 18 heavy (non-hydrogen) atoms. The maximum atomic E-state index is 10.8. The molecule has 0 saturated carbocycles. The predicted molar refractivity (Wildman–Crippen MR) is 69.0 cm³/mol. The second-order valence-corrected chi connectivity index (χ2v) is 3.99. The van der Waals surface area contributed by atoms with Crippen LogP contribution in [0.1, 0.15) is 32.8 Å². The van der Waals surface area contributed by atoms with E-state index >= 15 is 0 Å². The van der Waals surface area contributed by atoms with Gasteiger partial charge in [-0.1, -0.05) is 51.1 Å². The van der Waals surface area contributed by atoms with Crippen LogP contribution in [0.25, 0.3) is 0 Å². The number of aliphatic carboxylic acids is 1. The van der Waals surface area contributed by atoms with Crippen molar-refractivity contribution in [2.45, 2.75) is 33.8 Å². The van der Waals surface area contributed by atoms with Crippen molar-refractivity contribution in [1.82, 2.24) is 0 Å². The summed E-state index contributed by atoms with van der Waals surface area (Å²) in [7, 11) is 0. The smallest absolute Gasteiger partial charge is 0.305 e. The molecule has 0 spiro atoms. The lowest BCUT2D eigenvalue weighted by molar-refractivity contribution is -0.144. The van der Waals surface area contributed by atoms with Crippen LogP contribution in [0.15, 0.2) is 30.3 Å². The zero-order chi connectivity index (χ0) is 14.0. The molecule has 1 N–H and O–H groups in total. The summed E-state index contributed by atoms with van der Waals surface area (Å²) in [6.07, 6.45) is 0.437. The minimum absolute atomic E-state index is 0.154. The third-order valence-electron chi connectivity index (χ3n) is 2.03. The molecule has 100 valence electrons. The first-order chi connectivity index (χ1) is 8.47. The van der Waals surface area contributed by atoms with Crippen molar-refractivity contribution < 1.29 is 19.4 Å². The Bertz CT molecular complexity index is 357. The minimum Gasteiger partial charge on any atom is -0.481 e. The highest BCUT2D eigenvalue weighted by Crippen LogP contribution is 2.00. The summed E-state index contributed by atoms with van der Waals surface area (Å²) in [4.78, 5) is 20.5. The van der Waals surface area contributed by atoms with Gasteiger partial charge < -0.3 is 9.84 Å². The number of ether oxygens (including phenoxy) is 1. The second-order valence-electron chi connectivity index (χ2n) is 3.99. The fraction of sp³-hybridized carbons (Fsp3) is 0.429. The van der Waals surface area contributed by atoms with Gasteiger partial charge in [0.05, 0.1) is 5.92 Å². The topological polar surface area (TPSA) is 63.6 Å². The highest BCUT2D eigenvalue weighted by atomic mass is 16.5. The average molecular weight is 252 g/mol. The van der Waals surface area contributed by atoms with Crippen LogP contribution in [-0.4, -0.2) is 17.0 Å². The Kier molecular flexibility index (Phi) is 8.27. The van der Waals surface area contributed by atoms with Crippen molar-refractivity contribution in [2.75, 3.05) is 0 Å². The van der Waals surface area contributed by atoms with Crippen LogP contribution >= 0.6 is 0 Å². The molecule has 1 aromatic carbocycles. The van der Waals surface area contributed by atoms with Gasteiger partial charge in [-0.3, -0.25) is 9.59 Å². The lowest BCUT2D eigenvalue weighted by atomic mass is 10.2. The van der Waals surface area contributed by atoms with Crippen LogP contribution in [0.5, 0.6) is 0 Å². The van der Waals surface area contributed by atoms with Gasteiger partial charge in [-0.25, -0.2) is 0 Å². The van der Waals surface area contributed by atoms with E-state index in [2.05, 4.69) is 0 Å². The van der Waals surface area contributed by atoms with Gasteiger partial charge in [0, 0.05) is 6.42 Å². The number of benzene rings is 1. The Labute approximate surface area is 108 Å². The van der Waals surface area contributed by atoms with Gasteiger partial charge in [0.15, 0.2) is 0 Å². The first-order valence-corrected chi connectivity index (χ1v) is 5.89. The Morgan fingerprint density at radius 3 is 2.11 bits per heavy atom. The number of carbonyl (C=O) groups excluding carboxylic acids is 1. The first kappa shape index (κ1) is 16.2. The molecular formula is C14H20O4. The predicted octanol–water partition coefficient (Wildman–Crippen LogP) is 2.87. The molecule has 0 aliphatic rings. The molecule has 1 aromatic rings. The fourth-order valence-corrected chi connectivity index (χ4v) is 0.840. The van der Waals surface area contributed by atoms with E-state index in [0.29, 0.717) is 13.0 Å². The molecule has 0 saturated heterocycles. The maximum absolute atomic E-state index is 10.8. The molecule has 4 nitrogen and oxygen atoms in total. The maximum Gasteiger partial charge on any atom is 0.305 e. The minimum atomic E-state index is -0.741. The standard InChI is InChI=1S/C10H12O2.C4H8O2/c1-2-10(11)12-8-9-6-4-3-5-7-9;1-3(2)4(5)6/h3-7H,2,8H2,1H3;3H,1-2H3,(H,5,6). The van der Waals surface area contributed by atoms with Crippen LogP contribution in [0, 0.1) is 5.92 Å². The summed E-state index contributed by atoms with van der Waals surface area (Å²) in [5.41, 5.74) is 1.03. The molecule has 4 heteroatoms. The quantitative estimate of drug-likeness (QED) is 0.837. The van der Waals surface area contributed by atoms with Crippen molar-refractivity contribution in [1.29, 1.82) is 0 Å². The molecule has 0 radical (unpaired) electrons. The van der Waals surface area contributed by atoms with E-state index in [-0.39, 0.29) is 11.9 Å². The fourth-order valence-electron chi connectivity index (χ4n) is 0.840. The van der Waals surface area contributed by atoms with Crippen molar-refractivity contribution in [3.63, 3.8) is 0 Å². The van der Waals surface area contributed by atoms with Gasteiger partial charge in [0.2, 0.25) is 0 Å². The SMILES string of the molecule is CC(C)C(=O)O.CCC(=O)OCc1ccccc1. The van der Waals surface area contributed by atoms with E-state index in [0.717, 1.165) is 5.56 Å². The van der Waals surface area contributed by atoms with Gasteiger partial charge in [0.25, 0.3) is 0 Å². The third-order valence-corrected chi connectivity index (χ3v) is 2.03. The van der Waals surface area contributed by atoms with E-state index in [1.54, 1.807) is 20.8 Å². The van der Waals surface area contributed by atoms with E-state index in [4.69, 9.17) is 9.84 Å². The van der Waals surface area contributed by atoms with Crippen LogP contribution in [0.4, 0.5) is 0 Å². The summed E-state index contributed by atoms with van der Waals surface area (Å²) < 4.78 is 4.94. The molecule has 0 amide bonds. The number of esters is 1. The number of carboxylic acids is 1. The third kappa shape index (κ3) is 8.33. The van der Waals surface area contributed by atoms with Crippen molar-refractivity contribution >= 4 is 11.9 Å². The molecule has 0 heterocycles. The van der Waals surface area contributed by atoms with Gasteiger partial charge >= 0.3 is 11.9 Å². The second kappa shape index (κ2) is 9.22. The normalized spacial score (nSPS) is 9.33. The summed E-state index contributed by atoms with van der Waals surface area (Å²) in [5.74, 6) is -1.13. The summed E-state index contributed by atoms with van der Waals surface area (Å²) in [5, 5.41) is 7.99. The lowest BCUT2D eigenvalue weighted by Gasteiger charge is -2.01. The van der Waals surface area contributed by atoms with E-state index in [1.807, 2.05) is 30.3 Å². The molecule has 0 aromatic heterocycles. The Morgan fingerprint density at radius 2 is 1.72 bits per heavy atom. The highest BCUT2D eigenvalue weighted by molar-refractivity contribution is 5.69. The first-order valence-electron chi connectivity index (χ1n) is 5.89. The number of rotatable bonds is 4. The van der Waals surface area contributed by atoms with Gasteiger partial charge in [-0.2, -0.15) is 0 Å². The molecule has 0 aliphatic carbocycles. The molecule has 0 unspecified atom stereocenters. The average Bonchev–Trinajstić information content (AvgIpc) is 2.37. The zero-order valence-corrected chi connectivity index (χ0v) is 11.1. The monoisotopic (exact) mass is 252 g/mol. The molecule has 0 bridgehead atoms. The van der Waals surface area contributed by atoms with Gasteiger partial charge in [-0.15, -0.1) is 0 Å². The highest BCUT2D eigenvalue weighted by Gasteiger charge is 1.99.